The van der Waals surface area contributed by atoms with Crippen molar-refractivity contribution in [1.29, 1.82) is 0 Å². The summed E-state index contributed by atoms with van der Waals surface area (Å²) < 4.78 is 0. The van der Waals surface area contributed by atoms with E-state index in [1.807, 2.05) is 12.1 Å². The number of hydrogen-bond acceptors (Lipinski definition) is 2. The van der Waals surface area contributed by atoms with Crippen LogP contribution >= 0.6 is 0 Å². The van der Waals surface area contributed by atoms with E-state index in [1.54, 1.807) is 12.1 Å². The van der Waals surface area contributed by atoms with Gasteiger partial charge in [0.1, 0.15) is 0 Å². The molecule has 0 radical (unpaired) electrons. The van der Waals surface area contributed by atoms with E-state index < -0.39 is 0 Å². The van der Waals surface area contributed by atoms with Gasteiger partial charge in [-0.15, -0.1) is 0 Å². The molecule has 0 fully saturated rings. The minimum Gasteiger partial charge on any atom is -0.449 e. The number of nitrogen functional groups attached to an aromatic ring is 1. The van der Waals surface area contributed by atoms with E-state index in [1.165, 1.54) is 0 Å². The number of benzene rings is 1. The quantitative estimate of drug-likeness (QED) is 0.378. The molecule has 0 atom stereocenters. The molecule has 0 spiro atoms. The summed E-state index contributed by atoms with van der Waals surface area (Å²) >= 11 is 0. The highest BCUT2D eigenvalue weighted by Crippen LogP contribution is 1.94. The molecule has 0 aliphatic carbocycles. The molecular formula is C6H8BNO. The van der Waals surface area contributed by atoms with Gasteiger partial charge in [-0.3, -0.25) is 0 Å². The standard InChI is InChI=1S/C6H8BNO/c8-6-3-1-2-5(4-6)7-9/h1-4,7,9H,8H2. The van der Waals surface area contributed by atoms with E-state index in [9.17, 15) is 0 Å². The van der Waals surface area contributed by atoms with Crippen LogP contribution in [0.3, 0.4) is 0 Å². The lowest BCUT2D eigenvalue weighted by molar-refractivity contribution is 0.615. The first-order valence-corrected chi connectivity index (χ1v) is 2.78. The van der Waals surface area contributed by atoms with Crippen molar-refractivity contribution >= 4 is 18.6 Å². The predicted octanol–water partition coefficient (Wildman–Crippen LogP) is -0.762. The zero-order valence-electron chi connectivity index (χ0n) is 5.04. The lowest BCUT2D eigenvalue weighted by Gasteiger charge is -1.93. The minimum absolute atomic E-state index is 0.0606. The summed E-state index contributed by atoms with van der Waals surface area (Å²) in [4.78, 5) is 0. The second kappa shape index (κ2) is 2.55. The lowest BCUT2D eigenvalue weighted by Crippen LogP contribution is -2.12. The van der Waals surface area contributed by atoms with Crippen molar-refractivity contribution in [2.75, 3.05) is 5.73 Å². The first-order valence-electron chi connectivity index (χ1n) is 2.78. The van der Waals surface area contributed by atoms with E-state index in [4.69, 9.17) is 10.8 Å². The van der Waals surface area contributed by atoms with Gasteiger partial charge in [0.05, 0.1) is 0 Å². The molecule has 3 N–H and O–H groups in total. The molecule has 0 amide bonds. The monoisotopic (exact) mass is 121 g/mol. The van der Waals surface area contributed by atoms with Crippen molar-refractivity contribution in [3.05, 3.63) is 24.3 Å². The first kappa shape index (κ1) is 6.17. The molecule has 2 nitrogen and oxygen atoms in total. The summed E-state index contributed by atoms with van der Waals surface area (Å²) in [5.74, 6) is 0. The fourth-order valence-electron chi connectivity index (χ4n) is 0.691. The molecule has 0 saturated heterocycles. The largest absolute Gasteiger partial charge is 0.449 e. The normalized spacial score (nSPS) is 9.00. The number of hydrogen-bond donors (Lipinski definition) is 2. The van der Waals surface area contributed by atoms with Crippen LogP contribution in [0.5, 0.6) is 0 Å². The molecule has 1 aromatic carbocycles. The smallest absolute Gasteiger partial charge is 0.304 e. The van der Waals surface area contributed by atoms with E-state index >= 15 is 0 Å². The van der Waals surface area contributed by atoms with Crippen molar-refractivity contribution in [3.8, 4) is 0 Å². The van der Waals surface area contributed by atoms with Crippen LogP contribution in [0.25, 0.3) is 0 Å². The van der Waals surface area contributed by atoms with Crippen LogP contribution in [0, 0.1) is 0 Å². The summed E-state index contributed by atoms with van der Waals surface area (Å²) in [7, 11) is 0.0606. The molecule has 0 heterocycles. The van der Waals surface area contributed by atoms with Crippen molar-refractivity contribution in [2.45, 2.75) is 0 Å². The number of anilines is 1. The summed E-state index contributed by atoms with van der Waals surface area (Å²) in [6, 6.07) is 7.19. The van der Waals surface area contributed by atoms with Gasteiger partial charge >= 0.3 is 7.48 Å². The van der Waals surface area contributed by atoms with Gasteiger partial charge in [0.25, 0.3) is 0 Å². The van der Waals surface area contributed by atoms with Gasteiger partial charge in [-0.2, -0.15) is 0 Å². The average Bonchev–Trinajstić information content (AvgIpc) is 1.88. The molecule has 0 bridgehead atoms. The number of nitrogens with two attached hydrogens (primary N) is 1. The molecule has 1 aromatic rings. The Morgan fingerprint density at radius 2 is 2.22 bits per heavy atom. The molecule has 9 heavy (non-hydrogen) atoms. The van der Waals surface area contributed by atoms with Crippen LogP contribution < -0.4 is 11.2 Å². The third-order valence-corrected chi connectivity index (χ3v) is 1.13. The first-order chi connectivity index (χ1) is 4.33. The Kier molecular flexibility index (Phi) is 1.75. The van der Waals surface area contributed by atoms with Crippen molar-refractivity contribution in [2.24, 2.45) is 0 Å². The van der Waals surface area contributed by atoms with Gasteiger partial charge in [-0.1, -0.05) is 17.6 Å². The van der Waals surface area contributed by atoms with E-state index in [2.05, 4.69) is 0 Å². The molecule has 3 heteroatoms. The van der Waals surface area contributed by atoms with Gasteiger partial charge in [0.15, 0.2) is 0 Å². The summed E-state index contributed by atoms with van der Waals surface area (Å²) in [6.45, 7) is 0. The highest BCUT2D eigenvalue weighted by atomic mass is 16.2. The van der Waals surface area contributed by atoms with Crippen LogP contribution in [0.4, 0.5) is 5.69 Å². The number of rotatable bonds is 1. The van der Waals surface area contributed by atoms with Crippen molar-refractivity contribution in [1.82, 2.24) is 0 Å². The van der Waals surface area contributed by atoms with Crippen LogP contribution in [0.2, 0.25) is 0 Å². The van der Waals surface area contributed by atoms with Crippen LogP contribution in [0.15, 0.2) is 24.3 Å². The van der Waals surface area contributed by atoms with E-state index in [-0.39, 0.29) is 7.48 Å². The maximum Gasteiger partial charge on any atom is 0.304 e. The molecule has 0 aliphatic heterocycles. The van der Waals surface area contributed by atoms with E-state index in [0.29, 0.717) is 5.69 Å². The van der Waals surface area contributed by atoms with Gasteiger partial charge in [0, 0.05) is 5.69 Å². The maximum atomic E-state index is 8.61. The molecule has 46 valence electrons. The second-order valence-electron chi connectivity index (χ2n) is 1.90. The SMILES string of the molecule is Nc1cccc(BO)c1. The average molecular weight is 121 g/mol. The fraction of sp³-hybridized carbons (Fsp3) is 0. The molecule has 0 aromatic heterocycles. The van der Waals surface area contributed by atoms with Gasteiger partial charge in [-0.05, 0) is 12.1 Å². The highest BCUT2D eigenvalue weighted by Gasteiger charge is 1.90. The third-order valence-electron chi connectivity index (χ3n) is 1.13. The minimum atomic E-state index is 0.0606. The van der Waals surface area contributed by atoms with Gasteiger partial charge in [-0.25, -0.2) is 0 Å². The lowest BCUT2D eigenvalue weighted by atomic mass is 9.89. The molecular weight excluding hydrogens is 113 g/mol. The zero-order valence-corrected chi connectivity index (χ0v) is 5.04. The highest BCUT2D eigenvalue weighted by molar-refractivity contribution is 6.45. The van der Waals surface area contributed by atoms with Crippen LogP contribution in [-0.4, -0.2) is 12.5 Å². The second-order valence-corrected chi connectivity index (χ2v) is 1.90. The molecule has 0 aliphatic rings. The molecule has 0 saturated carbocycles. The summed E-state index contributed by atoms with van der Waals surface area (Å²) in [5, 5.41) is 8.61. The Hall–Kier alpha value is -0.955. The summed E-state index contributed by atoms with van der Waals surface area (Å²) in [6.07, 6.45) is 0. The third kappa shape index (κ3) is 1.47. The van der Waals surface area contributed by atoms with Crippen LogP contribution in [-0.2, 0) is 0 Å². The van der Waals surface area contributed by atoms with Crippen LogP contribution in [0.1, 0.15) is 0 Å². The van der Waals surface area contributed by atoms with E-state index in [0.717, 1.165) is 5.46 Å². The molecule has 1 rings (SSSR count). The molecule has 0 unspecified atom stereocenters. The van der Waals surface area contributed by atoms with Crippen molar-refractivity contribution in [3.63, 3.8) is 0 Å². The summed E-state index contributed by atoms with van der Waals surface area (Å²) in [5.41, 5.74) is 6.98. The Balaban J connectivity index is 2.94. The predicted molar refractivity (Wildman–Crippen MR) is 39.9 cm³/mol. The Labute approximate surface area is 54.6 Å². The zero-order chi connectivity index (χ0) is 6.69. The van der Waals surface area contributed by atoms with Crippen molar-refractivity contribution < 1.29 is 5.02 Å². The topological polar surface area (TPSA) is 46.2 Å². The van der Waals surface area contributed by atoms with Gasteiger partial charge in [0.2, 0.25) is 0 Å². The maximum absolute atomic E-state index is 8.61. The Bertz CT molecular complexity index is 202. The Morgan fingerprint density at radius 1 is 1.44 bits per heavy atom. The van der Waals surface area contributed by atoms with Gasteiger partial charge < -0.3 is 10.8 Å². The fourth-order valence-corrected chi connectivity index (χ4v) is 0.691. The Morgan fingerprint density at radius 3 is 2.67 bits per heavy atom.